The molecule has 1 heterocycles. The average Bonchev–Trinajstić information content (AvgIpc) is 3.32. The van der Waals surface area contributed by atoms with Crippen molar-refractivity contribution < 1.29 is 9.90 Å². The van der Waals surface area contributed by atoms with Crippen LogP contribution < -0.4 is 0 Å². The lowest BCUT2D eigenvalue weighted by Gasteiger charge is -2.57. The second-order valence-electron chi connectivity index (χ2n) is 11.8. The summed E-state index contributed by atoms with van der Waals surface area (Å²) in [6.07, 6.45) is 11.2. The second kappa shape index (κ2) is 6.91. The van der Waals surface area contributed by atoms with Crippen LogP contribution in [-0.2, 0) is 11.3 Å². The van der Waals surface area contributed by atoms with Gasteiger partial charge >= 0.3 is 0 Å². The van der Waals surface area contributed by atoms with Crippen LogP contribution in [0, 0.1) is 71.0 Å². The number of aryl methyl sites for hydroxylation is 1. The maximum atomic E-state index is 13.6. The van der Waals surface area contributed by atoms with Crippen LogP contribution in [0.4, 0.5) is 0 Å². The number of nitrogens with zero attached hydrogens (tertiary/aromatic N) is 3. The van der Waals surface area contributed by atoms with E-state index < -0.39 is 0 Å². The van der Waals surface area contributed by atoms with Crippen LogP contribution in [-0.4, -0.2) is 26.8 Å². The number of aliphatic hydroxyl groups is 1. The molecule has 0 aliphatic heterocycles. The number of carbonyl (C=O) groups is 1. The predicted octanol–water partition coefficient (Wildman–Crippen LogP) is 4.12. The number of ketones is 1. The Kier molecular flexibility index (Phi) is 4.45. The van der Waals surface area contributed by atoms with E-state index in [1.54, 1.807) is 10.9 Å². The Hall–Kier alpha value is -1.67. The highest BCUT2D eigenvalue weighted by Crippen LogP contribution is 2.74. The smallest absolute Gasteiger partial charge is 0.158 e. The van der Waals surface area contributed by atoms with Crippen LogP contribution in [0.2, 0.25) is 0 Å². The molecule has 1 aromatic heterocycles. The van der Waals surface area contributed by atoms with Crippen molar-refractivity contribution in [2.45, 2.75) is 77.9 Å². The lowest BCUT2D eigenvalue weighted by molar-refractivity contribution is -0.134. The molecule has 1 aromatic rings. The summed E-state index contributed by atoms with van der Waals surface area (Å²) in [7, 11) is 0. The fourth-order valence-corrected chi connectivity index (χ4v) is 9.37. The summed E-state index contributed by atoms with van der Waals surface area (Å²) in [5.74, 6) is 5.74. The molecular formula is C26H35N3O2. The van der Waals surface area contributed by atoms with Crippen molar-refractivity contribution in [3.05, 3.63) is 17.5 Å². The van der Waals surface area contributed by atoms with Crippen LogP contribution >= 0.6 is 0 Å². The molecule has 1 N–H and O–H groups in total. The Labute approximate surface area is 185 Å². The molecule has 5 heteroatoms. The minimum atomic E-state index is -0.0690. The molecule has 0 unspecified atom stereocenters. The lowest BCUT2D eigenvalue weighted by Crippen LogP contribution is -2.51. The van der Waals surface area contributed by atoms with E-state index in [-0.39, 0.29) is 17.4 Å². The van der Waals surface area contributed by atoms with Crippen molar-refractivity contribution in [1.29, 1.82) is 5.26 Å². The molecule has 31 heavy (non-hydrogen) atoms. The summed E-state index contributed by atoms with van der Waals surface area (Å²) in [6.45, 7) is 4.59. The first-order chi connectivity index (χ1) is 14.9. The number of nitriles is 1. The largest absolute Gasteiger partial charge is 0.393 e. The van der Waals surface area contributed by atoms with E-state index in [9.17, 15) is 15.2 Å². The lowest BCUT2D eigenvalue weighted by atomic mass is 9.48. The molecule has 5 aliphatic carbocycles. The molecule has 166 valence electrons. The van der Waals surface area contributed by atoms with Gasteiger partial charge in [-0.05, 0) is 105 Å². The monoisotopic (exact) mass is 421 g/mol. The second-order valence-corrected chi connectivity index (χ2v) is 11.8. The van der Waals surface area contributed by atoms with E-state index >= 15 is 0 Å². The number of carbonyl (C=O) groups excluding carboxylic acids is 1. The third kappa shape index (κ3) is 2.90. The summed E-state index contributed by atoms with van der Waals surface area (Å²) in [5.41, 5.74) is 1.43. The molecule has 0 aromatic carbocycles. The SMILES string of the molecule is Cc1nn(CC(=O)[C@H]2[C@H]3C[C@H]3[C@H]3[C@@H]4CC[C@@H]5C[C@H](O)CC[C@@H]5[C@H]4CC[C@@]32C)cc1C#N. The minimum Gasteiger partial charge on any atom is -0.393 e. The van der Waals surface area contributed by atoms with Crippen LogP contribution in [0.3, 0.4) is 0 Å². The van der Waals surface area contributed by atoms with Gasteiger partial charge in [0.25, 0.3) is 0 Å². The summed E-state index contributed by atoms with van der Waals surface area (Å²) in [6, 6.07) is 2.17. The molecule has 0 amide bonds. The van der Waals surface area contributed by atoms with Gasteiger partial charge in [0.1, 0.15) is 6.07 Å². The first-order valence-corrected chi connectivity index (χ1v) is 12.6. The van der Waals surface area contributed by atoms with Gasteiger partial charge in [0.15, 0.2) is 5.78 Å². The Bertz CT molecular complexity index is 947. The number of hydrogen-bond acceptors (Lipinski definition) is 4. The molecule has 0 radical (unpaired) electrons. The Morgan fingerprint density at radius 3 is 2.74 bits per heavy atom. The molecule has 0 bridgehead atoms. The highest BCUT2D eigenvalue weighted by Gasteiger charge is 2.70. The molecule has 6 rings (SSSR count). The normalized spacial score (nSPS) is 47.5. The van der Waals surface area contributed by atoms with Crippen LogP contribution in [0.5, 0.6) is 0 Å². The zero-order valence-electron chi connectivity index (χ0n) is 18.8. The van der Waals surface area contributed by atoms with E-state index in [1.807, 2.05) is 6.92 Å². The molecular weight excluding hydrogens is 386 g/mol. The molecule has 0 spiro atoms. The van der Waals surface area contributed by atoms with E-state index in [0.29, 0.717) is 35.4 Å². The third-order valence-corrected chi connectivity index (χ3v) is 10.4. The molecule has 5 saturated carbocycles. The van der Waals surface area contributed by atoms with Gasteiger partial charge in [-0.25, -0.2) is 0 Å². The molecule has 5 aliphatic rings. The van der Waals surface area contributed by atoms with Crippen molar-refractivity contribution in [3.8, 4) is 6.07 Å². The minimum absolute atomic E-state index is 0.0690. The summed E-state index contributed by atoms with van der Waals surface area (Å²) in [4.78, 5) is 13.6. The van der Waals surface area contributed by atoms with E-state index in [2.05, 4.69) is 18.1 Å². The average molecular weight is 422 g/mol. The van der Waals surface area contributed by atoms with Gasteiger partial charge in [-0.3, -0.25) is 9.48 Å². The first-order valence-electron chi connectivity index (χ1n) is 12.6. The van der Waals surface area contributed by atoms with Gasteiger partial charge in [0.2, 0.25) is 0 Å². The third-order valence-electron chi connectivity index (χ3n) is 10.4. The zero-order chi connectivity index (χ0) is 21.5. The van der Waals surface area contributed by atoms with Gasteiger partial charge in [-0.2, -0.15) is 10.4 Å². The zero-order valence-corrected chi connectivity index (χ0v) is 18.8. The van der Waals surface area contributed by atoms with Crippen molar-refractivity contribution in [2.24, 2.45) is 52.8 Å². The van der Waals surface area contributed by atoms with Crippen LogP contribution in [0.15, 0.2) is 6.20 Å². The number of rotatable bonds is 3. The van der Waals surface area contributed by atoms with E-state index in [4.69, 9.17) is 0 Å². The molecule has 5 nitrogen and oxygen atoms in total. The van der Waals surface area contributed by atoms with E-state index in [0.717, 1.165) is 42.4 Å². The van der Waals surface area contributed by atoms with Crippen molar-refractivity contribution in [2.75, 3.05) is 0 Å². The number of aromatic nitrogens is 2. The summed E-state index contributed by atoms with van der Waals surface area (Å²) in [5, 5.41) is 23.8. The van der Waals surface area contributed by atoms with Gasteiger partial charge < -0.3 is 5.11 Å². The summed E-state index contributed by atoms with van der Waals surface area (Å²) < 4.78 is 1.70. The van der Waals surface area contributed by atoms with Gasteiger partial charge in [-0.1, -0.05) is 6.92 Å². The Morgan fingerprint density at radius 1 is 1.16 bits per heavy atom. The van der Waals surface area contributed by atoms with Gasteiger partial charge in [-0.15, -0.1) is 0 Å². The maximum absolute atomic E-state index is 13.6. The molecule has 5 fully saturated rings. The quantitative estimate of drug-likeness (QED) is 0.796. The molecule has 10 atom stereocenters. The van der Waals surface area contributed by atoms with Crippen LogP contribution in [0.25, 0.3) is 0 Å². The number of aliphatic hydroxyl groups excluding tert-OH is 1. The van der Waals surface area contributed by atoms with E-state index in [1.165, 1.54) is 38.5 Å². The van der Waals surface area contributed by atoms with Gasteiger partial charge in [0.05, 0.1) is 23.9 Å². The van der Waals surface area contributed by atoms with Crippen molar-refractivity contribution in [1.82, 2.24) is 9.78 Å². The predicted molar refractivity (Wildman–Crippen MR) is 116 cm³/mol. The van der Waals surface area contributed by atoms with Crippen LogP contribution in [0.1, 0.15) is 69.5 Å². The standard InChI is InChI=1S/C26H35N3O2/c1-14-16(11-27)12-29(28-14)13-23(31)25-22-10-21(22)24-20-5-3-15-9-17(30)4-6-18(15)19(20)7-8-26(24,25)2/h12,15,17-22,24-25,30H,3-10,13H2,1-2H3/t15-,17-,18+,19-,20-,21-,22+,24-,25-,26+/m1/s1. The number of fused-ring (bicyclic) bond motifs is 7. The Balaban J connectivity index is 1.23. The Morgan fingerprint density at radius 2 is 1.97 bits per heavy atom. The first kappa shape index (κ1) is 20.0. The topological polar surface area (TPSA) is 78.9 Å². The van der Waals surface area contributed by atoms with Gasteiger partial charge in [0, 0.05) is 12.1 Å². The highest BCUT2D eigenvalue weighted by atomic mass is 16.3. The summed E-state index contributed by atoms with van der Waals surface area (Å²) >= 11 is 0. The van der Waals surface area contributed by atoms with Crippen molar-refractivity contribution in [3.63, 3.8) is 0 Å². The molecule has 0 saturated heterocycles. The number of hydrogen-bond donors (Lipinski definition) is 1. The number of Topliss-reactive ketones (excluding diaryl/α,β-unsaturated/α-hetero) is 1. The highest BCUT2D eigenvalue weighted by molar-refractivity contribution is 5.83. The van der Waals surface area contributed by atoms with Crippen molar-refractivity contribution >= 4 is 5.78 Å². The maximum Gasteiger partial charge on any atom is 0.158 e. The fraction of sp³-hybridized carbons (Fsp3) is 0.808. The fourth-order valence-electron chi connectivity index (χ4n) is 9.37.